The van der Waals surface area contributed by atoms with E-state index in [1.54, 1.807) is 25.2 Å². The van der Waals surface area contributed by atoms with Gasteiger partial charge in [0, 0.05) is 11.5 Å². The number of hydrogen-bond donors (Lipinski definition) is 0. The van der Waals surface area contributed by atoms with E-state index in [0.717, 1.165) is 19.3 Å². The molecule has 0 saturated heterocycles. The molecule has 0 aliphatic heterocycles. The van der Waals surface area contributed by atoms with Crippen molar-refractivity contribution in [3.05, 3.63) is 34.3 Å². The van der Waals surface area contributed by atoms with E-state index in [1.807, 2.05) is 6.07 Å². The lowest BCUT2D eigenvalue weighted by Crippen LogP contribution is -2.33. The van der Waals surface area contributed by atoms with Crippen LogP contribution in [0.2, 0.25) is 0 Å². The molecule has 0 radical (unpaired) electrons. The van der Waals surface area contributed by atoms with Crippen LogP contribution in [0.4, 0.5) is 0 Å². The van der Waals surface area contributed by atoms with Gasteiger partial charge in [-0.15, -0.1) is 0 Å². The Balaban J connectivity index is 2.46. The standard InChI is InChI=1S/C15H20BrNO3/c1-3-4-7-10-20-14(18)11-17(2)15(19)12-8-5-6-9-13(12)16/h5-6,8-9H,3-4,7,10-11H2,1-2H3. The Morgan fingerprint density at radius 3 is 2.60 bits per heavy atom. The Morgan fingerprint density at radius 1 is 1.25 bits per heavy atom. The molecular weight excluding hydrogens is 322 g/mol. The van der Waals surface area contributed by atoms with Crippen molar-refractivity contribution in [2.75, 3.05) is 20.2 Å². The third-order valence-corrected chi connectivity index (χ3v) is 3.52. The molecule has 1 amide bonds. The summed E-state index contributed by atoms with van der Waals surface area (Å²) in [7, 11) is 1.59. The highest BCUT2D eigenvalue weighted by molar-refractivity contribution is 9.10. The number of amides is 1. The van der Waals surface area contributed by atoms with Gasteiger partial charge in [-0.05, 0) is 34.5 Å². The minimum absolute atomic E-state index is 0.0354. The lowest BCUT2D eigenvalue weighted by Gasteiger charge is -2.17. The van der Waals surface area contributed by atoms with Crippen LogP contribution in [0.5, 0.6) is 0 Å². The minimum Gasteiger partial charge on any atom is -0.464 e. The molecule has 20 heavy (non-hydrogen) atoms. The molecule has 0 bridgehead atoms. The molecule has 0 spiro atoms. The zero-order valence-corrected chi connectivity index (χ0v) is 13.5. The SMILES string of the molecule is CCCCCOC(=O)CN(C)C(=O)c1ccccc1Br. The van der Waals surface area contributed by atoms with Gasteiger partial charge in [0.1, 0.15) is 6.54 Å². The predicted molar refractivity (Wildman–Crippen MR) is 81.6 cm³/mol. The number of halogens is 1. The number of esters is 1. The fraction of sp³-hybridized carbons (Fsp3) is 0.467. The van der Waals surface area contributed by atoms with Gasteiger partial charge in [0.05, 0.1) is 12.2 Å². The summed E-state index contributed by atoms with van der Waals surface area (Å²) in [6.45, 7) is 2.47. The third kappa shape index (κ3) is 5.33. The van der Waals surface area contributed by atoms with Crippen LogP contribution in [-0.4, -0.2) is 37.0 Å². The maximum Gasteiger partial charge on any atom is 0.325 e. The fourth-order valence-electron chi connectivity index (χ4n) is 1.69. The van der Waals surface area contributed by atoms with Gasteiger partial charge in [0.15, 0.2) is 0 Å². The van der Waals surface area contributed by atoms with Crippen molar-refractivity contribution in [1.82, 2.24) is 4.90 Å². The number of nitrogens with zero attached hydrogens (tertiary/aromatic N) is 1. The first kappa shape index (κ1) is 16.7. The Labute approximate surface area is 128 Å². The van der Waals surface area contributed by atoms with Gasteiger partial charge in [-0.25, -0.2) is 0 Å². The normalized spacial score (nSPS) is 10.2. The fourth-order valence-corrected chi connectivity index (χ4v) is 2.14. The molecular formula is C15H20BrNO3. The van der Waals surface area contributed by atoms with Crippen molar-refractivity contribution >= 4 is 27.8 Å². The topological polar surface area (TPSA) is 46.6 Å². The highest BCUT2D eigenvalue weighted by atomic mass is 79.9. The van der Waals surface area contributed by atoms with Crippen LogP contribution < -0.4 is 0 Å². The van der Waals surface area contributed by atoms with Crippen LogP contribution >= 0.6 is 15.9 Å². The molecule has 0 saturated carbocycles. The monoisotopic (exact) mass is 341 g/mol. The lowest BCUT2D eigenvalue weighted by molar-refractivity contribution is -0.144. The van der Waals surface area contributed by atoms with Gasteiger partial charge >= 0.3 is 5.97 Å². The first-order chi connectivity index (χ1) is 9.56. The molecule has 0 aliphatic rings. The number of likely N-dealkylation sites (N-methyl/N-ethyl adjacent to an activating group) is 1. The van der Waals surface area contributed by atoms with Crippen LogP contribution in [0.1, 0.15) is 36.5 Å². The van der Waals surface area contributed by atoms with E-state index >= 15 is 0 Å². The second-order valence-electron chi connectivity index (χ2n) is 4.57. The van der Waals surface area contributed by atoms with E-state index in [1.165, 1.54) is 4.90 Å². The number of unbranched alkanes of at least 4 members (excludes halogenated alkanes) is 2. The van der Waals surface area contributed by atoms with E-state index in [-0.39, 0.29) is 18.4 Å². The lowest BCUT2D eigenvalue weighted by atomic mass is 10.2. The summed E-state index contributed by atoms with van der Waals surface area (Å²) in [5, 5.41) is 0. The van der Waals surface area contributed by atoms with Crippen molar-refractivity contribution in [1.29, 1.82) is 0 Å². The number of carbonyl (C=O) groups excluding carboxylic acids is 2. The predicted octanol–water partition coefficient (Wildman–Crippen LogP) is 3.25. The van der Waals surface area contributed by atoms with E-state index in [4.69, 9.17) is 4.74 Å². The zero-order chi connectivity index (χ0) is 15.0. The second kappa shape index (κ2) is 8.74. The largest absolute Gasteiger partial charge is 0.464 e. The number of benzene rings is 1. The van der Waals surface area contributed by atoms with Gasteiger partial charge in [0.25, 0.3) is 5.91 Å². The van der Waals surface area contributed by atoms with Crippen LogP contribution in [0.15, 0.2) is 28.7 Å². The summed E-state index contributed by atoms with van der Waals surface area (Å²) < 4.78 is 5.80. The molecule has 0 aromatic heterocycles. The molecule has 110 valence electrons. The molecule has 0 N–H and O–H groups in total. The Hall–Kier alpha value is -1.36. The second-order valence-corrected chi connectivity index (χ2v) is 5.42. The maximum atomic E-state index is 12.2. The van der Waals surface area contributed by atoms with E-state index in [0.29, 0.717) is 16.6 Å². The number of rotatable bonds is 7. The summed E-state index contributed by atoms with van der Waals surface area (Å²) in [5.74, 6) is -0.577. The first-order valence-electron chi connectivity index (χ1n) is 6.72. The van der Waals surface area contributed by atoms with Crippen LogP contribution in [0.3, 0.4) is 0 Å². The quantitative estimate of drug-likeness (QED) is 0.564. The van der Waals surface area contributed by atoms with Gasteiger partial charge < -0.3 is 9.64 Å². The average Bonchev–Trinajstić information content (AvgIpc) is 2.43. The number of ether oxygens (including phenoxy) is 1. The molecule has 0 atom stereocenters. The third-order valence-electron chi connectivity index (χ3n) is 2.83. The van der Waals surface area contributed by atoms with E-state index in [9.17, 15) is 9.59 Å². The van der Waals surface area contributed by atoms with Crippen LogP contribution in [-0.2, 0) is 9.53 Å². The van der Waals surface area contributed by atoms with Gasteiger partial charge in [-0.1, -0.05) is 31.9 Å². The first-order valence-corrected chi connectivity index (χ1v) is 7.51. The van der Waals surface area contributed by atoms with Gasteiger partial charge in [-0.3, -0.25) is 9.59 Å². The average molecular weight is 342 g/mol. The van der Waals surface area contributed by atoms with Crippen LogP contribution in [0.25, 0.3) is 0 Å². The van der Waals surface area contributed by atoms with Crippen molar-refractivity contribution < 1.29 is 14.3 Å². The molecule has 5 heteroatoms. The summed E-state index contributed by atoms with van der Waals surface area (Å²) in [4.78, 5) is 25.1. The molecule has 0 fully saturated rings. The van der Waals surface area contributed by atoms with Gasteiger partial charge in [-0.2, -0.15) is 0 Å². The molecule has 1 aromatic carbocycles. The highest BCUT2D eigenvalue weighted by Gasteiger charge is 2.17. The Kier molecular flexibility index (Phi) is 7.30. The molecule has 0 heterocycles. The van der Waals surface area contributed by atoms with Crippen molar-refractivity contribution in [3.63, 3.8) is 0 Å². The zero-order valence-electron chi connectivity index (χ0n) is 11.9. The van der Waals surface area contributed by atoms with Crippen molar-refractivity contribution in [2.24, 2.45) is 0 Å². The van der Waals surface area contributed by atoms with E-state index < -0.39 is 0 Å². The van der Waals surface area contributed by atoms with Crippen molar-refractivity contribution in [2.45, 2.75) is 26.2 Å². The van der Waals surface area contributed by atoms with Gasteiger partial charge in [0.2, 0.25) is 0 Å². The summed E-state index contributed by atoms with van der Waals surface area (Å²) in [5.41, 5.74) is 0.536. The maximum absolute atomic E-state index is 12.2. The molecule has 0 unspecified atom stereocenters. The summed E-state index contributed by atoms with van der Waals surface area (Å²) >= 11 is 3.33. The molecule has 1 aromatic rings. The molecule has 1 rings (SSSR count). The molecule has 4 nitrogen and oxygen atoms in total. The minimum atomic E-state index is -0.371. The number of hydrogen-bond acceptors (Lipinski definition) is 3. The molecule has 0 aliphatic carbocycles. The Bertz CT molecular complexity index is 462. The van der Waals surface area contributed by atoms with Crippen LogP contribution in [0, 0.1) is 0 Å². The smallest absolute Gasteiger partial charge is 0.325 e. The van der Waals surface area contributed by atoms with Crippen molar-refractivity contribution in [3.8, 4) is 0 Å². The van der Waals surface area contributed by atoms with E-state index in [2.05, 4.69) is 22.9 Å². The summed E-state index contributed by atoms with van der Waals surface area (Å²) in [6.07, 6.45) is 2.99. The Morgan fingerprint density at radius 2 is 1.95 bits per heavy atom. The number of carbonyl (C=O) groups is 2. The highest BCUT2D eigenvalue weighted by Crippen LogP contribution is 2.17. The summed E-state index contributed by atoms with van der Waals surface area (Å²) in [6, 6.07) is 7.14.